The lowest BCUT2D eigenvalue weighted by molar-refractivity contribution is -0.196. The molecule has 0 rings (SSSR count). The summed E-state index contributed by atoms with van der Waals surface area (Å²) in [4.78, 5) is 0. The Hall–Kier alpha value is -0.240. The normalized spacial score (nSPS) is 16.1. The Labute approximate surface area is 122 Å². The third-order valence-electron chi connectivity index (χ3n) is 2.42. The van der Waals surface area contributed by atoms with E-state index < -0.39 is 0 Å². The molecular formula is C14H30O6. The van der Waals surface area contributed by atoms with Crippen LogP contribution in [0, 0.1) is 0 Å². The predicted octanol–water partition coefficient (Wildman–Crippen LogP) is 1.47. The topological polar surface area (TPSA) is 55.4 Å². The summed E-state index contributed by atoms with van der Waals surface area (Å²) in [5, 5.41) is 0. The Kier molecular flexibility index (Phi) is 13.6. The Morgan fingerprint density at radius 2 is 1.05 bits per heavy atom. The van der Waals surface area contributed by atoms with E-state index in [0.29, 0.717) is 39.6 Å². The van der Waals surface area contributed by atoms with Crippen LogP contribution in [0.4, 0.5) is 0 Å². The Balaban J connectivity index is 3.56. The third-order valence-corrected chi connectivity index (χ3v) is 2.42. The molecule has 0 bridgehead atoms. The number of hydrogen-bond acceptors (Lipinski definition) is 6. The Bertz CT molecular complexity index is 182. The summed E-state index contributed by atoms with van der Waals surface area (Å²) in [6.07, 6.45) is -0.344. The minimum Gasteiger partial charge on any atom is -0.382 e. The number of ether oxygens (including phenoxy) is 6. The standard InChI is InChI=1S/C14H30O6/c1-12(10-17-8-6-15-4)19-14(3)20-13(2)11-18-9-7-16-5/h12-14H,6-11H2,1-5H3. The summed E-state index contributed by atoms with van der Waals surface area (Å²) in [5.41, 5.74) is 0. The van der Waals surface area contributed by atoms with Crippen LogP contribution in [-0.2, 0) is 28.4 Å². The van der Waals surface area contributed by atoms with Gasteiger partial charge in [0.15, 0.2) is 6.29 Å². The van der Waals surface area contributed by atoms with Gasteiger partial charge in [0.2, 0.25) is 0 Å². The van der Waals surface area contributed by atoms with Crippen molar-refractivity contribution in [3.63, 3.8) is 0 Å². The van der Waals surface area contributed by atoms with Crippen molar-refractivity contribution in [2.75, 3.05) is 53.9 Å². The van der Waals surface area contributed by atoms with Crippen molar-refractivity contribution in [3.05, 3.63) is 0 Å². The first-order valence-corrected chi connectivity index (χ1v) is 7.04. The molecule has 0 heterocycles. The summed E-state index contributed by atoms with van der Waals surface area (Å²) < 4.78 is 31.9. The average Bonchev–Trinajstić information content (AvgIpc) is 2.39. The van der Waals surface area contributed by atoms with Crippen LogP contribution in [0.3, 0.4) is 0 Å². The molecule has 0 aromatic carbocycles. The molecule has 0 saturated carbocycles. The monoisotopic (exact) mass is 294 g/mol. The maximum absolute atomic E-state index is 5.66. The van der Waals surface area contributed by atoms with Crippen LogP contribution in [0.15, 0.2) is 0 Å². The highest BCUT2D eigenvalue weighted by Crippen LogP contribution is 2.04. The molecule has 0 N–H and O–H groups in total. The van der Waals surface area contributed by atoms with Gasteiger partial charge in [0.25, 0.3) is 0 Å². The van der Waals surface area contributed by atoms with Gasteiger partial charge in [-0.2, -0.15) is 0 Å². The number of rotatable bonds is 14. The molecule has 0 aliphatic rings. The van der Waals surface area contributed by atoms with Gasteiger partial charge < -0.3 is 28.4 Å². The van der Waals surface area contributed by atoms with Gasteiger partial charge in [-0.3, -0.25) is 0 Å². The summed E-state index contributed by atoms with van der Waals surface area (Å²) in [6.45, 7) is 9.15. The van der Waals surface area contributed by atoms with Gasteiger partial charge in [-0.05, 0) is 20.8 Å². The number of hydrogen-bond donors (Lipinski definition) is 0. The third kappa shape index (κ3) is 12.8. The number of methoxy groups -OCH3 is 2. The minimum atomic E-state index is -0.294. The quantitative estimate of drug-likeness (QED) is 0.357. The Morgan fingerprint density at radius 3 is 1.40 bits per heavy atom. The Morgan fingerprint density at radius 1 is 0.650 bits per heavy atom. The fourth-order valence-electron chi connectivity index (χ4n) is 1.55. The molecule has 2 unspecified atom stereocenters. The van der Waals surface area contributed by atoms with Crippen LogP contribution in [0.25, 0.3) is 0 Å². The largest absolute Gasteiger partial charge is 0.382 e. The first kappa shape index (κ1) is 19.8. The predicted molar refractivity (Wildman–Crippen MR) is 75.9 cm³/mol. The smallest absolute Gasteiger partial charge is 0.155 e. The minimum absolute atomic E-state index is 0.0246. The first-order chi connectivity index (χ1) is 9.60. The molecule has 122 valence electrons. The van der Waals surface area contributed by atoms with Gasteiger partial charge >= 0.3 is 0 Å². The lowest BCUT2D eigenvalue weighted by atomic mass is 10.4. The summed E-state index contributed by atoms with van der Waals surface area (Å²) >= 11 is 0. The van der Waals surface area contributed by atoms with Crippen molar-refractivity contribution < 1.29 is 28.4 Å². The zero-order valence-corrected chi connectivity index (χ0v) is 13.4. The first-order valence-electron chi connectivity index (χ1n) is 7.04. The highest BCUT2D eigenvalue weighted by molar-refractivity contribution is 4.52. The lowest BCUT2D eigenvalue weighted by Gasteiger charge is -2.23. The zero-order valence-electron chi connectivity index (χ0n) is 13.4. The zero-order chi connectivity index (χ0) is 15.2. The molecule has 6 nitrogen and oxygen atoms in total. The van der Waals surface area contributed by atoms with Crippen LogP contribution in [-0.4, -0.2) is 72.4 Å². The molecule has 0 fully saturated rings. The highest BCUT2D eigenvalue weighted by atomic mass is 16.7. The van der Waals surface area contributed by atoms with Crippen molar-refractivity contribution in [2.45, 2.75) is 39.3 Å². The van der Waals surface area contributed by atoms with Gasteiger partial charge in [-0.25, -0.2) is 0 Å². The van der Waals surface area contributed by atoms with Crippen LogP contribution in [0.2, 0.25) is 0 Å². The summed E-state index contributed by atoms with van der Waals surface area (Å²) in [6, 6.07) is 0. The van der Waals surface area contributed by atoms with Gasteiger partial charge in [-0.15, -0.1) is 0 Å². The molecule has 0 amide bonds. The SMILES string of the molecule is COCCOCC(C)OC(C)OC(C)COCCOC. The molecule has 0 aliphatic carbocycles. The van der Waals surface area contributed by atoms with Gasteiger partial charge in [0.05, 0.1) is 51.8 Å². The van der Waals surface area contributed by atoms with Crippen molar-refractivity contribution >= 4 is 0 Å². The second-order valence-electron chi connectivity index (χ2n) is 4.60. The lowest BCUT2D eigenvalue weighted by Crippen LogP contribution is -2.29. The highest BCUT2D eigenvalue weighted by Gasteiger charge is 2.13. The van der Waals surface area contributed by atoms with E-state index in [1.165, 1.54) is 0 Å². The fraction of sp³-hybridized carbons (Fsp3) is 1.00. The van der Waals surface area contributed by atoms with Crippen LogP contribution < -0.4 is 0 Å². The van der Waals surface area contributed by atoms with E-state index in [4.69, 9.17) is 28.4 Å². The van der Waals surface area contributed by atoms with Gasteiger partial charge in [0.1, 0.15) is 0 Å². The van der Waals surface area contributed by atoms with Gasteiger partial charge in [-0.1, -0.05) is 0 Å². The molecule has 6 heteroatoms. The van der Waals surface area contributed by atoms with E-state index in [1.54, 1.807) is 14.2 Å². The maximum atomic E-state index is 5.66. The molecule has 2 atom stereocenters. The molecule has 0 aliphatic heterocycles. The fourth-order valence-corrected chi connectivity index (χ4v) is 1.55. The molecule has 0 aromatic heterocycles. The van der Waals surface area contributed by atoms with Crippen molar-refractivity contribution in [2.24, 2.45) is 0 Å². The van der Waals surface area contributed by atoms with E-state index in [2.05, 4.69) is 0 Å². The van der Waals surface area contributed by atoms with E-state index in [9.17, 15) is 0 Å². The van der Waals surface area contributed by atoms with Gasteiger partial charge in [0, 0.05) is 14.2 Å². The van der Waals surface area contributed by atoms with E-state index >= 15 is 0 Å². The summed E-state index contributed by atoms with van der Waals surface area (Å²) in [7, 11) is 3.30. The molecular weight excluding hydrogens is 264 g/mol. The van der Waals surface area contributed by atoms with Crippen LogP contribution in [0.5, 0.6) is 0 Å². The second kappa shape index (κ2) is 13.7. The molecule has 0 spiro atoms. The maximum Gasteiger partial charge on any atom is 0.155 e. The molecule has 20 heavy (non-hydrogen) atoms. The van der Waals surface area contributed by atoms with Crippen molar-refractivity contribution in [1.82, 2.24) is 0 Å². The van der Waals surface area contributed by atoms with E-state index in [-0.39, 0.29) is 18.5 Å². The second-order valence-corrected chi connectivity index (χ2v) is 4.60. The average molecular weight is 294 g/mol. The van der Waals surface area contributed by atoms with E-state index in [1.807, 2.05) is 20.8 Å². The van der Waals surface area contributed by atoms with Crippen molar-refractivity contribution in [3.8, 4) is 0 Å². The molecule has 0 radical (unpaired) electrons. The summed E-state index contributed by atoms with van der Waals surface area (Å²) in [5.74, 6) is 0. The van der Waals surface area contributed by atoms with Crippen molar-refractivity contribution in [1.29, 1.82) is 0 Å². The molecule has 0 saturated heterocycles. The van der Waals surface area contributed by atoms with Crippen LogP contribution >= 0.6 is 0 Å². The van der Waals surface area contributed by atoms with Crippen LogP contribution in [0.1, 0.15) is 20.8 Å². The molecule has 0 aromatic rings. The van der Waals surface area contributed by atoms with E-state index in [0.717, 1.165) is 0 Å².